The number of halogens is 2. The van der Waals surface area contributed by atoms with Crippen molar-refractivity contribution in [3.63, 3.8) is 0 Å². The summed E-state index contributed by atoms with van der Waals surface area (Å²) in [6, 6.07) is -1.21. The quantitative estimate of drug-likeness (QED) is 0.786. The lowest BCUT2D eigenvalue weighted by Gasteiger charge is -2.31. The van der Waals surface area contributed by atoms with Crippen molar-refractivity contribution in [2.75, 3.05) is 6.61 Å². The third-order valence-corrected chi connectivity index (χ3v) is 2.90. The second kappa shape index (κ2) is 5.73. The number of alkyl halides is 2. The molecule has 0 aliphatic carbocycles. The second-order valence-corrected chi connectivity index (χ2v) is 4.57. The van der Waals surface area contributed by atoms with Crippen LogP contribution in [0.3, 0.4) is 0 Å². The summed E-state index contributed by atoms with van der Waals surface area (Å²) in [4.78, 5) is 10.7. The molecule has 2 N–H and O–H groups in total. The van der Waals surface area contributed by atoms with Gasteiger partial charge >= 0.3 is 0 Å². The van der Waals surface area contributed by atoms with Gasteiger partial charge < -0.3 is 15.2 Å². The number of carbonyl (C=O) groups is 1. The van der Waals surface area contributed by atoms with Gasteiger partial charge in [-0.3, -0.25) is 4.79 Å². The summed E-state index contributed by atoms with van der Waals surface area (Å²) >= 11 is 0. The predicted octanol–water partition coefficient (Wildman–Crippen LogP) is 1.08. The summed E-state index contributed by atoms with van der Waals surface area (Å²) < 4.78 is 32.5. The van der Waals surface area contributed by atoms with Gasteiger partial charge in [-0.2, -0.15) is 0 Å². The smallest absolute Gasteiger partial charge is 0.270 e. The van der Waals surface area contributed by atoms with Gasteiger partial charge in [0.1, 0.15) is 0 Å². The van der Waals surface area contributed by atoms with E-state index < -0.39 is 36.5 Å². The number of rotatable bonds is 4. The van der Waals surface area contributed by atoms with Crippen molar-refractivity contribution >= 4 is 5.91 Å². The highest BCUT2D eigenvalue weighted by atomic mass is 19.3. The van der Waals surface area contributed by atoms with Gasteiger partial charge in [-0.15, -0.1) is 0 Å². The largest absolute Gasteiger partial charge is 0.391 e. The molecule has 0 bridgehead atoms. The van der Waals surface area contributed by atoms with Crippen LogP contribution in [0.5, 0.6) is 0 Å². The molecular formula is C11H19F2NO3. The highest BCUT2D eigenvalue weighted by Crippen LogP contribution is 2.29. The molecule has 100 valence electrons. The molecule has 17 heavy (non-hydrogen) atoms. The van der Waals surface area contributed by atoms with Crippen molar-refractivity contribution in [3.05, 3.63) is 0 Å². The highest BCUT2D eigenvalue weighted by molar-refractivity contribution is 5.73. The van der Waals surface area contributed by atoms with Crippen LogP contribution in [0.15, 0.2) is 0 Å². The molecule has 1 heterocycles. The maximum atomic E-state index is 13.7. The van der Waals surface area contributed by atoms with Crippen LogP contribution in [-0.4, -0.2) is 41.8 Å². The first-order valence-electron chi connectivity index (χ1n) is 5.76. The SMILES string of the molecule is CC(=O)N[C@@H](C)C(F)(F)C[C@H]1CC[C@H](O)CO1. The van der Waals surface area contributed by atoms with Crippen LogP contribution in [-0.2, 0) is 9.53 Å². The molecule has 0 aromatic heterocycles. The molecule has 1 aliphatic rings. The molecule has 1 rings (SSSR count). The first-order chi connectivity index (χ1) is 7.81. The fourth-order valence-electron chi connectivity index (χ4n) is 1.84. The average Bonchev–Trinajstić information content (AvgIpc) is 2.20. The Morgan fingerprint density at radius 2 is 2.24 bits per heavy atom. The van der Waals surface area contributed by atoms with Gasteiger partial charge in [-0.1, -0.05) is 0 Å². The Kier molecular flexibility index (Phi) is 4.82. The Morgan fingerprint density at radius 1 is 1.59 bits per heavy atom. The first-order valence-corrected chi connectivity index (χ1v) is 5.76. The first kappa shape index (κ1) is 14.3. The van der Waals surface area contributed by atoms with Crippen molar-refractivity contribution in [1.29, 1.82) is 0 Å². The number of carbonyl (C=O) groups excluding carboxylic acids is 1. The Labute approximate surface area is 99.3 Å². The summed E-state index contributed by atoms with van der Waals surface area (Å²) in [6.45, 7) is 2.59. The van der Waals surface area contributed by atoms with E-state index in [2.05, 4.69) is 5.32 Å². The maximum Gasteiger partial charge on any atom is 0.270 e. The summed E-state index contributed by atoms with van der Waals surface area (Å²) in [6.07, 6.45) is -0.628. The van der Waals surface area contributed by atoms with E-state index in [1.165, 1.54) is 13.8 Å². The number of hydrogen-bond acceptors (Lipinski definition) is 3. The van der Waals surface area contributed by atoms with Crippen molar-refractivity contribution < 1.29 is 23.4 Å². The number of nitrogens with one attached hydrogen (secondary N) is 1. The zero-order valence-corrected chi connectivity index (χ0v) is 10.1. The zero-order chi connectivity index (χ0) is 13.1. The van der Waals surface area contributed by atoms with Gasteiger partial charge in [0.25, 0.3) is 5.92 Å². The topological polar surface area (TPSA) is 58.6 Å². The molecule has 4 nitrogen and oxygen atoms in total. The number of aliphatic hydroxyl groups excluding tert-OH is 1. The van der Waals surface area contributed by atoms with Crippen molar-refractivity contribution in [1.82, 2.24) is 5.32 Å². The van der Waals surface area contributed by atoms with E-state index in [4.69, 9.17) is 4.74 Å². The Balaban J connectivity index is 2.45. The van der Waals surface area contributed by atoms with E-state index >= 15 is 0 Å². The summed E-state index contributed by atoms with van der Waals surface area (Å²) in [5.74, 6) is -3.48. The van der Waals surface area contributed by atoms with Gasteiger partial charge in [-0.05, 0) is 19.8 Å². The molecule has 1 aliphatic heterocycles. The lowest BCUT2D eigenvalue weighted by atomic mass is 9.98. The summed E-state index contributed by atoms with van der Waals surface area (Å²) in [7, 11) is 0. The molecule has 0 aromatic carbocycles. The molecule has 0 radical (unpaired) electrons. The second-order valence-electron chi connectivity index (χ2n) is 4.57. The third-order valence-electron chi connectivity index (χ3n) is 2.90. The fourth-order valence-corrected chi connectivity index (χ4v) is 1.84. The molecule has 3 atom stereocenters. The predicted molar refractivity (Wildman–Crippen MR) is 57.8 cm³/mol. The lowest BCUT2D eigenvalue weighted by Crippen LogP contribution is -2.47. The molecule has 0 spiro atoms. The lowest BCUT2D eigenvalue weighted by molar-refractivity contribution is -0.131. The standard InChI is InChI=1S/C11H19F2NO3/c1-7(14-8(2)15)11(12,13)5-10-4-3-9(16)6-17-10/h7,9-10,16H,3-6H2,1-2H3,(H,14,15)/t7-,9-,10+/m0/s1. The molecular weight excluding hydrogens is 232 g/mol. The molecule has 1 fully saturated rings. The number of ether oxygens (including phenoxy) is 1. The Morgan fingerprint density at radius 3 is 2.71 bits per heavy atom. The summed E-state index contributed by atoms with van der Waals surface area (Å²) in [5.41, 5.74) is 0. The fraction of sp³-hybridized carbons (Fsp3) is 0.909. The normalized spacial score (nSPS) is 27.6. The van der Waals surface area contributed by atoms with Gasteiger partial charge in [0.05, 0.1) is 24.9 Å². The minimum atomic E-state index is -3.00. The molecule has 0 aromatic rings. The van der Waals surface area contributed by atoms with E-state index in [-0.39, 0.29) is 6.61 Å². The highest BCUT2D eigenvalue weighted by Gasteiger charge is 2.40. The third kappa shape index (κ3) is 4.55. The average molecular weight is 251 g/mol. The van der Waals surface area contributed by atoms with Crippen molar-refractivity contribution in [2.24, 2.45) is 0 Å². The van der Waals surface area contributed by atoms with Crippen molar-refractivity contribution in [2.45, 2.75) is 57.3 Å². The van der Waals surface area contributed by atoms with Crippen molar-refractivity contribution in [3.8, 4) is 0 Å². The summed E-state index contributed by atoms with van der Waals surface area (Å²) in [5, 5.41) is 11.4. The minimum absolute atomic E-state index is 0.106. The molecule has 6 heteroatoms. The van der Waals surface area contributed by atoms with Crippen LogP contribution in [0.4, 0.5) is 8.78 Å². The van der Waals surface area contributed by atoms with E-state index in [0.717, 1.165) is 0 Å². The zero-order valence-electron chi connectivity index (χ0n) is 10.1. The van der Waals surface area contributed by atoms with E-state index in [0.29, 0.717) is 12.8 Å². The van der Waals surface area contributed by atoms with E-state index in [9.17, 15) is 18.7 Å². The molecule has 0 unspecified atom stereocenters. The molecule has 1 amide bonds. The number of aliphatic hydroxyl groups is 1. The Bertz CT molecular complexity index is 265. The van der Waals surface area contributed by atoms with Gasteiger partial charge in [0, 0.05) is 13.3 Å². The van der Waals surface area contributed by atoms with Gasteiger partial charge in [0.15, 0.2) is 0 Å². The van der Waals surface area contributed by atoms with Gasteiger partial charge in [-0.25, -0.2) is 8.78 Å². The minimum Gasteiger partial charge on any atom is -0.391 e. The van der Waals surface area contributed by atoms with Crippen LogP contribution in [0.25, 0.3) is 0 Å². The van der Waals surface area contributed by atoms with Crippen LogP contribution in [0.1, 0.15) is 33.1 Å². The van der Waals surface area contributed by atoms with Crippen LogP contribution >= 0.6 is 0 Å². The maximum absolute atomic E-state index is 13.7. The van der Waals surface area contributed by atoms with Gasteiger partial charge in [0.2, 0.25) is 5.91 Å². The molecule has 0 saturated carbocycles. The van der Waals surface area contributed by atoms with Crippen LogP contribution < -0.4 is 5.32 Å². The van der Waals surface area contributed by atoms with E-state index in [1.807, 2.05) is 0 Å². The monoisotopic (exact) mass is 251 g/mol. The molecule has 1 saturated heterocycles. The number of hydrogen-bond donors (Lipinski definition) is 2. The van der Waals surface area contributed by atoms with E-state index in [1.54, 1.807) is 0 Å². The number of amides is 1. The van der Waals surface area contributed by atoms with Crippen LogP contribution in [0, 0.1) is 0 Å². The Hall–Kier alpha value is -0.750. The van der Waals surface area contributed by atoms with Crippen LogP contribution in [0.2, 0.25) is 0 Å².